The highest BCUT2D eigenvalue weighted by Crippen LogP contribution is 2.43. The predicted octanol–water partition coefficient (Wildman–Crippen LogP) is 21.4. The number of carbonyl (C=O) groups is 1. The Morgan fingerprint density at radius 3 is 1.10 bits per heavy atom. The van der Waals surface area contributed by atoms with Crippen LogP contribution in [0.25, 0.3) is 0 Å². The molecular formula is C70H132N2O6P+. The molecule has 3 N–H and O–H groups in total. The summed E-state index contributed by atoms with van der Waals surface area (Å²) in [4.78, 5) is 23.4. The average Bonchev–Trinajstić information content (AvgIpc) is 3.42. The van der Waals surface area contributed by atoms with Crippen LogP contribution in [0.5, 0.6) is 0 Å². The van der Waals surface area contributed by atoms with Gasteiger partial charge in [0.2, 0.25) is 5.91 Å². The van der Waals surface area contributed by atoms with Gasteiger partial charge in [-0.1, -0.05) is 299 Å². The van der Waals surface area contributed by atoms with E-state index in [1.807, 2.05) is 27.2 Å². The van der Waals surface area contributed by atoms with Gasteiger partial charge < -0.3 is 19.8 Å². The lowest BCUT2D eigenvalue weighted by Gasteiger charge is -2.25. The number of nitrogens with one attached hydrogen (secondary N) is 1. The number of nitrogens with zero attached hydrogens (tertiary/aromatic N) is 1. The van der Waals surface area contributed by atoms with Crippen molar-refractivity contribution >= 4 is 13.7 Å². The van der Waals surface area contributed by atoms with Crippen molar-refractivity contribution in [2.75, 3.05) is 40.9 Å². The summed E-state index contributed by atoms with van der Waals surface area (Å²) in [6, 6.07) is -0.875. The molecule has 0 bridgehead atoms. The van der Waals surface area contributed by atoms with Gasteiger partial charge in [0.25, 0.3) is 0 Å². The van der Waals surface area contributed by atoms with Crippen LogP contribution in [0, 0.1) is 0 Å². The molecule has 0 spiro atoms. The number of aliphatic hydroxyl groups is 1. The molecule has 9 heteroatoms. The zero-order valence-electron chi connectivity index (χ0n) is 52.9. The van der Waals surface area contributed by atoms with Crippen LogP contribution in [0.1, 0.15) is 316 Å². The van der Waals surface area contributed by atoms with E-state index in [0.29, 0.717) is 17.4 Å². The number of phosphoric acid groups is 1. The molecule has 79 heavy (non-hydrogen) atoms. The minimum Gasteiger partial charge on any atom is -0.387 e. The molecule has 3 atom stereocenters. The number of carbonyl (C=O) groups excluding carboxylic acids is 1. The maximum absolute atomic E-state index is 13.0. The Bertz CT molecular complexity index is 1520. The van der Waals surface area contributed by atoms with Crippen molar-refractivity contribution < 1.29 is 32.9 Å². The van der Waals surface area contributed by atoms with Gasteiger partial charge >= 0.3 is 7.82 Å². The first kappa shape index (κ1) is 76.9. The fraction of sp³-hybridized carbons (Fsp3) is 0.814. The second-order valence-electron chi connectivity index (χ2n) is 24.2. The van der Waals surface area contributed by atoms with Crippen LogP contribution in [-0.4, -0.2) is 73.4 Å². The van der Waals surface area contributed by atoms with Gasteiger partial charge in [-0.25, -0.2) is 4.57 Å². The van der Waals surface area contributed by atoms with E-state index in [1.165, 1.54) is 238 Å². The lowest BCUT2D eigenvalue weighted by Crippen LogP contribution is -2.45. The van der Waals surface area contributed by atoms with Crippen molar-refractivity contribution in [3.05, 3.63) is 72.9 Å². The molecule has 0 heterocycles. The summed E-state index contributed by atoms with van der Waals surface area (Å²) in [5.41, 5.74) is 0. The van der Waals surface area contributed by atoms with Gasteiger partial charge in [-0.05, 0) is 83.5 Å². The van der Waals surface area contributed by atoms with Gasteiger partial charge in [0.15, 0.2) is 0 Å². The highest BCUT2D eigenvalue weighted by molar-refractivity contribution is 7.47. The Hall–Kier alpha value is -2.06. The van der Waals surface area contributed by atoms with Crippen molar-refractivity contribution in [3.8, 4) is 0 Å². The number of phosphoric ester groups is 1. The van der Waals surface area contributed by atoms with Gasteiger partial charge in [-0.2, -0.15) is 0 Å². The summed E-state index contributed by atoms with van der Waals surface area (Å²) in [6.45, 7) is 4.81. The van der Waals surface area contributed by atoms with Crippen molar-refractivity contribution in [1.82, 2.24) is 5.32 Å². The first-order chi connectivity index (χ1) is 38.5. The molecule has 8 nitrogen and oxygen atoms in total. The van der Waals surface area contributed by atoms with Gasteiger partial charge in [0.05, 0.1) is 39.9 Å². The predicted molar refractivity (Wildman–Crippen MR) is 346 cm³/mol. The molecule has 0 saturated carbocycles. The van der Waals surface area contributed by atoms with Crippen molar-refractivity contribution in [1.29, 1.82) is 0 Å². The van der Waals surface area contributed by atoms with Crippen LogP contribution >= 0.6 is 7.82 Å². The standard InChI is InChI=1S/C70H131N2O6P/c1-6-8-10-12-14-16-18-20-22-24-26-28-30-32-34-36-38-40-42-44-46-48-50-52-54-56-58-60-62-64-70(74)71-68(67-78-79(75,76)77-66-65-72(3,4)5)69(73)63-61-59-57-55-53-51-49-47-45-43-41-39-37-35-33-31-29-27-25-23-21-19-17-15-13-11-9-7-2/h18,20,24,26,30,32,45,47,53,55,61,63,68-69,73H,6-17,19,21-23,25,27-29,31,33-44,46,48-52,54,56-60,62,64-67H2,1-5H3,(H-,71,74,75,76)/p+1/b20-18-,26-24-,32-30-,47-45+,55-53+,63-61+. The number of unbranched alkanes of at least 4 members (excludes halogenated alkanes) is 39. The molecule has 0 fully saturated rings. The monoisotopic (exact) mass is 1130 g/mol. The number of aliphatic hydroxyl groups excluding tert-OH is 1. The molecule has 0 aromatic rings. The van der Waals surface area contributed by atoms with Crippen molar-refractivity contribution in [3.63, 3.8) is 0 Å². The van der Waals surface area contributed by atoms with E-state index < -0.39 is 20.0 Å². The first-order valence-electron chi connectivity index (χ1n) is 33.8. The number of likely N-dealkylation sites (N-methyl/N-ethyl adjacent to an activating group) is 1. The van der Waals surface area contributed by atoms with E-state index in [1.54, 1.807) is 6.08 Å². The Morgan fingerprint density at radius 1 is 0.430 bits per heavy atom. The number of hydrogen-bond donors (Lipinski definition) is 3. The zero-order chi connectivity index (χ0) is 57.7. The molecule has 0 aromatic carbocycles. The van der Waals surface area contributed by atoms with E-state index in [0.717, 1.165) is 57.8 Å². The molecule has 0 aliphatic carbocycles. The summed E-state index contributed by atoms with van der Waals surface area (Å²) in [5.74, 6) is -0.190. The maximum Gasteiger partial charge on any atom is 0.472 e. The molecule has 0 radical (unpaired) electrons. The van der Waals surface area contributed by atoms with E-state index in [2.05, 4.69) is 79.9 Å². The van der Waals surface area contributed by atoms with E-state index in [9.17, 15) is 19.4 Å². The molecule has 1 amide bonds. The Kier molecular flexibility index (Phi) is 59.0. The van der Waals surface area contributed by atoms with Gasteiger partial charge in [-0.3, -0.25) is 13.8 Å². The number of rotatable bonds is 62. The Balaban J connectivity index is 4.17. The van der Waals surface area contributed by atoms with Gasteiger partial charge in [-0.15, -0.1) is 0 Å². The zero-order valence-corrected chi connectivity index (χ0v) is 53.8. The maximum atomic E-state index is 13.0. The number of quaternary nitrogens is 1. The molecule has 3 unspecified atom stereocenters. The topological polar surface area (TPSA) is 105 Å². The number of hydrogen-bond acceptors (Lipinski definition) is 5. The highest BCUT2D eigenvalue weighted by Gasteiger charge is 2.28. The molecule has 0 aliphatic rings. The smallest absolute Gasteiger partial charge is 0.387 e. The van der Waals surface area contributed by atoms with E-state index in [-0.39, 0.29) is 19.1 Å². The van der Waals surface area contributed by atoms with Crippen LogP contribution in [-0.2, 0) is 18.4 Å². The Morgan fingerprint density at radius 2 is 0.734 bits per heavy atom. The molecular weight excluding hydrogens is 996 g/mol. The van der Waals surface area contributed by atoms with Crippen LogP contribution in [0.2, 0.25) is 0 Å². The van der Waals surface area contributed by atoms with Crippen LogP contribution in [0.3, 0.4) is 0 Å². The third-order valence-corrected chi connectivity index (χ3v) is 16.1. The van der Waals surface area contributed by atoms with E-state index in [4.69, 9.17) is 9.05 Å². The molecule has 0 rings (SSSR count). The average molecular weight is 1130 g/mol. The minimum atomic E-state index is -4.37. The normalized spacial score (nSPS) is 14.2. The third-order valence-electron chi connectivity index (χ3n) is 15.1. The summed E-state index contributed by atoms with van der Waals surface area (Å²) < 4.78 is 23.8. The summed E-state index contributed by atoms with van der Waals surface area (Å²) >= 11 is 0. The second kappa shape index (κ2) is 60.5. The lowest BCUT2D eigenvalue weighted by molar-refractivity contribution is -0.870. The van der Waals surface area contributed by atoms with Crippen LogP contribution in [0.15, 0.2) is 72.9 Å². The largest absolute Gasteiger partial charge is 0.472 e. The van der Waals surface area contributed by atoms with Gasteiger partial charge in [0.1, 0.15) is 13.2 Å². The molecule has 0 aromatic heterocycles. The summed E-state index contributed by atoms with van der Waals surface area (Å²) in [5, 5.41) is 14.0. The quantitative estimate of drug-likeness (QED) is 0.0243. The lowest BCUT2D eigenvalue weighted by atomic mass is 10.0. The first-order valence-corrected chi connectivity index (χ1v) is 35.3. The molecule has 0 saturated heterocycles. The van der Waals surface area contributed by atoms with E-state index >= 15 is 0 Å². The number of amides is 1. The molecule has 462 valence electrons. The van der Waals surface area contributed by atoms with Gasteiger partial charge in [0, 0.05) is 6.42 Å². The number of allylic oxidation sites excluding steroid dienone is 11. The van der Waals surface area contributed by atoms with Crippen molar-refractivity contribution in [2.24, 2.45) is 0 Å². The minimum absolute atomic E-state index is 0.0516. The third kappa shape index (κ3) is 63.4. The fourth-order valence-corrected chi connectivity index (χ4v) is 10.6. The van der Waals surface area contributed by atoms with Crippen molar-refractivity contribution in [2.45, 2.75) is 328 Å². The second-order valence-corrected chi connectivity index (χ2v) is 25.6. The van der Waals surface area contributed by atoms with Crippen LogP contribution < -0.4 is 5.32 Å². The molecule has 0 aliphatic heterocycles. The SMILES string of the molecule is CCCCCCC/C=C\C/C=C\C/C=C\CCCCCCCCCCCCCCCCC(=O)NC(COP(=O)(O)OCC[N+](C)(C)C)C(O)/C=C/CC/C=C/CC/C=C/CCCCCCCCCCCCCCCCCCCC. The fourth-order valence-electron chi connectivity index (χ4n) is 9.85. The summed E-state index contributed by atoms with van der Waals surface area (Å²) in [7, 11) is 1.55. The summed E-state index contributed by atoms with van der Waals surface area (Å²) in [6.07, 6.45) is 84.7. The van der Waals surface area contributed by atoms with Crippen LogP contribution in [0.4, 0.5) is 0 Å². The highest BCUT2D eigenvalue weighted by atomic mass is 31.2. The Labute approximate surface area is 491 Å².